The number of carbonyl (C=O) groups is 2. The monoisotopic (exact) mass is 258 g/mol. The van der Waals surface area contributed by atoms with E-state index >= 15 is 0 Å². The first-order valence-electron chi connectivity index (χ1n) is 5.15. The minimum atomic E-state index is -1.26. The molecule has 2 heterocycles. The molecule has 0 aromatic rings. The zero-order valence-corrected chi connectivity index (χ0v) is 10.0. The molecule has 1 fully saturated rings. The molecule has 0 aliphatic carbocycles. The van der Waals surface area contributed by atoms with Crippen molar-refractivity contribution in [3.8, 4) is 0 Å². The lowest BCUT2D eigenvalue weighted by Gasteiger charge is -2.23. The first-order chi connectivity index (χ1) is 8.09. The van der Waals surface area contributed by atoms with Crippen LogP contribution in [0.4, 0.5) is 0 Å². The molecule has 0 unspecified atom stereocenters. The molecular weight excluding hydrogens is 244 g/mol. The maximum absolute atomic E-state index is 9.55. The lowest BCUT2D eigenvalue weighted by atomic mass is 10.4. The first-order valence-corrected chi connectivity index (χ1v) is 6.14. The summed E-state index contributed by atoms with van der Waals surface area (Å²) in [6.45, 7) is 3.44. The number of carboxylic acids is 2. The molecule has 2 aliphatic heterocycles. The average molecular weight is 258 g/mol. The highest BCUT2D eigenvalue weighted by molar-refractivity contribution is 8.13. The van der Waals surface area contributed by atoms with E-state index in [9.17, 15) is 9.59 Å². The first kappa shape index (κ1) is 13.6. The fourth-order valence-corrected chi connectivity index (χ4v) is 2.37. The third kappa shape index (κ3) is 5.39. The predicted octanol–water partition coefficient (Wildman–Crippen LogP) is 0.507. The van der Waals surface area contributed by atoms with Gasteiger partial charge >= 0.3 is 11.9 Å². The molecule has 7 heteroatoms. The quantitative estimate of drug-likeness (QED) is 0.701. The molecule has 0 amide bonds. The van der Waals surface area contributed by atoms with E-state index < -0.39 is 11.9 Å². The van der Waals surface area contributed by atoms with Crippen molar-refractivity contribution in [3.63, 3.8) is 0 Å². The second kappa shape index (κ2) is 6.95. The molecule has 1 saturated heterocycles. The lowest BCUT2D eigenvalue weighted by Crippen LogP contribution is -2.30. The Morgan fingerprint density at radius 1 is 1.24 bits per heavy atom. The number of amidine groups is 1. The highest BCUT2D eigenvalue weighted by Gasteiger charge is 2.19. The Hall–Kier alpha value is -1.50. The summed E-state index contributed by atoms with van der Waals surface area (Å²) in [5.41, 5.74) is 0. The van der Waals surface area contributed by atoms with Crippen LogP contribution in [0.5, 0.6) is 0 Å². The molecule has 0 radical (unpaired) electrons. The zero-order chi connectivity index (χ0) is 12.7. The lowest BCUT2D eigenvalue weighted by molar-refractivity contribution is -0.134. The maximum Gasteiger partial charge on any atom is 0.328 e. The number of hydrogen-bond donors (Lipinski definition) is 2. The van der Waals surface area contributed by atoms with Crippen LogP contribution in [-0.2, 0) is 9.59 Å². The standard InChI is InChI=1S/C6H10N2S.C4H4O4/c1-3-8-4-2-7-6(8)9-5-1;5-3(6)1-2-4(7)8/h1-5H2;1-2H,(H,5,6)(H,7,8). The van der Waals surface area contributed by atoms with Crippen molar-refractivity contribution in [2.45, 2.75) is 6.42 Å². The van der Waals surface area contributed by atoms with Crippen LogP contribution in [0.3, 0.4) is 0 Å². The Labute approximate surface area is 103 Å². The van der Waals surface area contributed by atoms with Gasteiger partial charge in [-0.05, 0) is 6.42 Å². The van der Waals surface area contributed by atoms with Crippen LogP contribution in [-0.4, -0.2) is 57.6 Å². The SMILES string of the molecule is C1CSC2=NCCN2C1.O=C(O)C=CC(=O)O. The van der Waals surface area contributed by atoms with Gasteiger partial charge in [0.05, 0.1) is 6.54 Å². The van der Waals surface area contributed by atoms with E-state index in [-0.39, 0.29) is 0 Å². The van der Waals surface area contributed by atoms with Gasteiger partial charge in [-0.2, -0.15) is 0 Å². The van der Waals surface area contributed by atoms with Gasteiger partial charge in [-0.3, -0.25) is 4.99 Å². The minimum absolute atomic E-state index is 0.558. The molecule has 94 valence electrons. The molecule has 0 bridgehead atoms. The van der Waals surface area contributed by atoms with Crippen LogP contribution in [0.1, 0.15) is 6.42 Å². The summed E-state index contributed by atoms with van der Waals surface area (Å²) < 4.78 is 0. The molecule has 0 saturated carbocycles. The highest BCUT2D eigenvalue weighted by Crippen LogP contribution is 2.20. The van der Waals surface area contributed by atoms with Gasteiger partial charge in [0.1, 0.15) is 0 Å². The molecule has 0 aromatic heterocycles. The van der Waals surface area contributed by atoms with Crippen molar-refractivity contribution in [1.82, 2.24) is 4.90 Å². The normalized spacial score (nSPS) is 18.1. The average Bonchev–Trinajstić information content (AvgIpc) is 2.75. The molecule has 2 aliphatic rings. The van der Waals surface area contributed by atoms with Crippen molar-refractivity contribution >= 4 is 28.9 Å². The summed E-state index contributed by atoms with van der Waals surface area (Å²) in [5.74, 6) is -1.24. The number of aliphatic imine (C=N–C) groups is 1. The summed E-state index contributed by atoms with van der Waals surface area (Å²) in [6, 6.07) is 0. The number of nitrogens with zero attached hydrogens (tertiary/aromatic N) is 2. The van der Waals surface area contributed by atoms with Gasteiger partial charge in [0, 0.05) is 31.0 Å². The molecule has 6 nitrogen and oxygen atoms in total. The number of hydrogen-bond acceptors (Lipinski definition) is 5. The largest absolute Gasteiger partial charge is 0.478 e. The Morgan fingerprint density at radius 2 is 1.88 bits per heavy atom. The van der Waals surface area contributed by atoms with Crippen LogP contribution in [0.2, 0.25) is 0 Å². The number of carboxylic acid groups (broad SMARTS) is 2. The van der Waals surface area contributed by atoms with Gasteiger partial charge in [0.15, 0.2) is 5.17 Å². The molecular formula is C10H14N2O4S. The van der Waals surface area contributed by atoms with Crippen LogP contribution in [0, 0.1) is 0 Å². The number of fused-ring (bicyclic) bond motifs is 1. The van der Waals surface area contributed by atoms with Crippen molar-refractivity contribution in [2.75, 3.05) is 25.4 Å². The van der Waals surface area contributed by atoms with E-state index in [1.807, 2.05) is 11.8 Å². The molecule has 17 heavy (non-hydrogen) atoms. The van der Waals surface area contributed by atoms with Crippen LogP contribution in [0.15, 0.2) is 17.1 Å². The van der Waals surface area contributed by atoms with Crippen LogP contribution in [0.25, 0.3) is 0 Å². The number of rotatable bonds is 2. The van der Waals surface area contributed by atoms with Gasteiger partial charge < -0.3 is 15.1 Å². The smallest absolute Gasteiger partial charge is 0.328 e. The van der Waals surface area contributed by atoms with Gasteiger partial charge in [-0.15, -0.1) is 0 Å². The van der Waals surface area contributed by atoms with Gasteiger partial charge in [-0.1, -0.05) is 11.8 Å². The minimum Gasteiger partial charge on any atom is -0.478 e. The Balaban J connectivity index is 0.000000172. The van der Waals surface area contributed by atoms with E-state index in [0.29, 0.717) is 12.2 Å². The number of aliphatic carboxylic acids is 2. The van der Waals surface area contributed by atoms with Crippen molar-refractivity contribution in [2.24, 2.45) is 4.99 Å². The summed E-state index contributed by atoms with van der Waals surface area (Å²) in [6.07, 6.45) is 2.45. The zero-order valence-electron chi connectivity index (χ0n) is 9.20. The van der Waals surface area contributed by atoms with Gasteiger partial charge in [-0.25, -0.2) is 9.59 Å². The fraction of sp³-hybridized carbons (Fsp3) is 0.500. The molecule has 0 aromatic carbocycles. The Bertz CT molecular complexity index is 338. The summed E-state index contributed by atoms with van der Waals surface area (Å²) >= 11 is 1.91. The van der Waals surface area contributed by atoms with Crippen LogP contribution >= 0.6 is 11.8 Å². The van der Waals surface area contributed by atoms with Gasteiger partial charge in [0.2, 0.25) is 0 Å². The van der Waals surface area contributed by atoms with Crippen molar-refractivity contribution < 1.29 is 19.8 Å². The fourth-order valence-electron chi connectivity index (χ4n) is 1.37. The topological polar surface area (TPSA) is 90.2 Å². The van der Waals surface area contributed by atoms with E-state index in [2.05, 4.69) is 9.89 Å². The summed E-state index contributed by atoms with van der Waals surface area (Å²) in [4.78, 5) is 25.9. The Kier molecular flexibility index (Phi) is 5.55. The second-order valence-electron chi connectivity index (χ2n) is 3.36. The highest BCUT2D eigenvalue weighted by atomic mass is 32.2. The van der Waals surface area contributed by atoms with E-state index in [4.69, 9.17) is 10.2 Å². The third-order valence-corrected chi connectivity index (χ3v) is 3.20. The van der Waals surface area contributed by atoms with Crippen molar-refractivity contribution in [1.29, 1.82) is 0 Å². The maximum atomic E-state index is 9.55. The summed E-state index contributed by atoms with van der Waals surface area (Å²) in [5, 5.41) is 16.9. The third-order valence-electron chi connectivity index (χ3n) is 2.06. The predicted molar refractivity (Wildman–Crippen MR) is 65.4 cm³/mol. The molecule has 2 N–H and O–H groups in total. The van der Waals surface area contributed by atoms with E-state index in [0.717, 1.165) is 6.54 Å². The Morgan fingerprint density at radius 3 is 2.41 bits per heavy atom. The molecule has 0 atom stereocenters. The number of thioether (sulfide) groups is 1. The molecule has 2 rings (SSSR count). The van der Waals surface area contributed by atoms with Crippen molar-refractivity contribution in [3.05, 3.63) is 12.2 Å². The summed E-state index contributed by atoms with van der Waals surface area (Å²) in [7, 11) is 0. The van der Waals surface area contributed by atoms with E-state index in [1.54, 1.807) is 0 Å². The van der Waals surface area contributed by atoms with Gasteiger partial charge in [0.25, 0.3) is 0 Å². The molecule has 0 spiro atoms. The second-order valence-corrected chi connectivity index (χ2v) is 4.43. The van der Waals surface area contributed by atoms with Crippen LogP contribution < -0.4 is 0 Å². The van der Waals surface area contributed by atoms with E-state index in [1.165, 1.54) is 30.4 Å².